The number of rotatable bonds is 3. The van der Waals surface area contributed by atoms with E-state index in [4.69, 9.17) is 0 Å². The third-order valence-electron chi connectivity index (χ3n) is 3.41. The van der Waals surface area contributed by atoms with Gasteiger partial charge in [0.15, 0.2) is 0 Å². The lowest BCUT2D eigenvalue weighted by molar-refractivity contribution is -0.139. The van der Waals surface area contributed by atoms with Crippen molar-refractivity contribution in [2.24, 2.45) is 0 Å². The molecular weight excluding hydrogens is 260 g/mol. The quantitative estimate of drug-likeness (QED) is 0.933. The second-order valence-corrected chi connectivity index (χ2v) is 5.66. The summed E-state index contributed by atoms with van der Waals surface area (Å²) in [5, 5.41) is 12.4. The minimum atomic E-state index is -0.753. The van der Waals surface area contributed by atoms with Gasteiger partial charge in [0.1, 0.15) is 5.01 Å². The zero-order valence-electron chi connectivity index (χ0n) is 10.3. The van der Waals surface area contributed by atoms with Crippen LogP contribution >= 0.6 is 11.3 Å². The zero-order chi connectivity index (χ0) is 13.2. The van der Waals surface area contributed by atoms with Crippen LogP contribution in [0.25, 0.3) is 0 Å². The molecular formula is C14H14N2O2S. The monoisotopic (exact) mass is 274 g/mol. The Balaban J connectivity index is 1.86. The van der Waals surface area contributed by atoms with Crippen LogP contribution in [0.3, 0.4) is 0 Å². The van der Waals surface area contributed by atoms with E-state index < -0.39 is 11.9 Å². The molecule has 0 saturated carbocycles. The van der Waals surface area contributed by atoms with Crippen LogP contribution in [0.15, 0.2) is 35.8 Å². The molecule has 4 nitrogen and oxygen atoms in total. The summed E-state index contributed by atoms with van der Waals surface area (Å²) >= 11 is 1.61. The largest absolute Gasteiger partial charge is 0.481 e. The number of benzene rings is 1. The summed E-state index contributed by atoms with van der Waals surface area (Å²) in [5.74, 6) is -1.19. The first kappa shape index (κ1) is 12.3. The van der Waals surface area contributed by atoms with E-state index in [2.05, 4.69) is 9.88 Å². The van der Waals surface area contributed by atoms with E-state index in [0.29, 0.717) is 6.54 Å². The van der Waals surface area contributed by atoms with Gasteiger partial charge < -0.3 is 5.11 Å². The molecule has 1 N–H and O–H groups in total. The molecule has 0 bridgehead atoms. The highest BCUT2D eigenvalue weighted by Crippen LogP contribution is 2.29. The summed E-state index contributed by atoms with van der Waals surface area (Å²) in [5.41, 5.74) is 2.06. The molecule has 2 aromatic rings. The van der Waals surface area contributed by atoms with Crippen LogP contribution < -0.4 is 0 Å². The second-order valence-electron chi connectivity index (χ2n) is 4.69. The van der Waals surface area contributed by atoms with E-state index in [1.165, 1.54) is 0 Å². The number of carbonyl (C=O) groups is 1. The van der Waals surface area contributed by atoms with E-state index in [0.717, 1.165) is 29.2 Å². The predicted octanol–water partition coefficient (Wildman–Crippen LogP) is 2.33. The van der Waals surface area contributed by atoms with Crippen molar-refractivity contribution in [3.05, 3.63) is 52.0 Å². The highest BCUT2D eigenvalue weighted by Gasteiger charge is 2.30. The molecule has 0 saturated heterocycles. The first-order valence-electron chi connectivity index (χ1n) is 6.15. The Morgan fingerprint density at radius 3 is 3.05 bits per heavy atom. The predicted molar refractivity (Wildman–Crippen MR) is 73.0 cm³/mol. The van der Waals surface area contributed by atoms with Gasteiger partial charge in [0, 0.05) is 24.7 Å². The zero-order valence-corrected chi connectivity index (χ0v) is 11.1. The molecule has 1 aliphatic rings. The van der Waals surface area contributed by atoms with E-state index in [1.807, 2.05) is 29.6 Å². The normalized spacial score (nSPS) is 19.1. The Labute approximate surface area is 115 Å². The van der Waals surface area contributed by atoms with Gasteiger partial charge in [-0.3, -0.25) is 9.69 Å². The number of fused-ring (bicyclic) bond motifs is 1. The average molecular weight is 274 g/mol. The van der Waals surface area contributed by atoms with Crippen LogP contribution in [0.1, 0.15) is 22.1 Å². The maximum Gasteiger partial charge on any atom is 0.312 e. The van der Waals surface area contributed by atoms with Crippen LogP contribution in [0.4, 0.5) is 0 Å². The van der Waals surface area contributed by atoms with Crippen molar-refractivity contribution in [1.29, 1.82) is 0 Å². The molecule has 1 unspecified atom stereocenters. The summed E-state index contributed by atoms with van der Waals surface area (Å²) in [6.45, 7) is 2.06. The summed E-state index contributed by atoms with van der Waals surface area (Å²) in [6, 6.07) is 7.81. The molecule has 1 atom stereocenters. The van der Waals surface area contributed by atoms with Gasteiger partial charge in [-0.25, -0.2) is 4.98 Å². The lowest BCUT2D eigenvalue weighted by Crippen LogP contribution is -2.36. The number of thiazole rings is 1. The highest BCUT2D eigenvalue weighted by atomic mass is 32.1. The molecule has 5 heteroatoms. The molecule has 0 aliphatic carbocycles. The van der Waals surface area contributed by atoms with Crippen LogP contribution in [0.2, 0.25) is 0 Å². The highest BCUT2D eigenvalue weighted by molar-refractivity contribution is 7.09. The Morgan fingerprint density at radius 1 is 1.47 bits per heavy atom. The Hall–Kier alpha value is -1.72. The van der Waals surface area contributed by atoms with Gasteiger partial charge in [0.05, 0.1) is 12.5 Å². The molecule has 3 rings (SSSR count). The molecule has 98 valence electrons. The fraction of sp³-hybridized carbons (Fsp3) is 0.286. The van der Waals surface area contributed by atoms with Crippen molar-refractivity contribution in [2.75, 3.05) is 6.54 Å². The lowest BCUT2D eigenvalue weighted by atomic mass is 9.90. The number of carboxylic acids is 1. The minimum absolute atomic E-state index is 0.440. The van der Waals surface area contributed by atoms with Gasteiger partial charge in [0.25, 0.3) is 0 Å². The standard InChI is InChI=1S/C14H14N2O2S/c17-14(18)12-8-16(9-13-15-5-6-19-13)7-10-3-1-2-4-11(10)12/h1-6,12H,7-9H2,(H,17,18). The first-order valence-corrected chi connectivity index (χ1v) is 7.03. The summed E-state index contributed by atoms with van der Waals surface area (Å²) < 4.78 is 0. The summed E-state index contributed by atoms with van der Waals surface area (Å²) in [7, 11) is 0. The Morgan fingerprint density at radius 2 is 2.32 bits per heavy atom. The molecule has 1 aromatic heterocycles. The molecule has 2 heterocycles. The number of aliphatic carboxylic acids is 1. The maximum absolute atomic E-state index is 11.4. The van der Waals surface area contributed by atoms with Crippen LogP contribution in [0.5, 0.6) is 0 Å². The second kappa shape index (κ2) is 5.11. The summed E-state index contributed by atoms with van der Waals surface area (Å²) in [6.07, 6.45) is 1.78. The molecule has 1 aromatic carbocycles. The van der Waals surface area contributed by atoms with Gasteiger partial charge in [-0.2, -0.15) is 0 Å². The van der Waals surface area contributed by atoms with Crippen molar-refractivity contribution < 1.29 is 9.90 Å². The topological polar surface area (TPSA) is 53.4 Å². The molecule has 1 aliphatic heterocycles. The Bertz CT molecular complexity index is 583. The lowest BCUT2D eigenvalue weighted by Gasteiger charge is -2.32. The van der Waals surface area contributed by atoms with Crippen LogP contribution in [-0.2, 0) is 17.9 Å². The van der Waals surface area contributed by atoms with Gasteiger partial charge in [-0.1, -0.05) is 24.3 Å². The molecule has 0 radical (unpaired) electrons. The number of aromatic nitrogens is 1. The minimum Gasteiger partial charge on any atom is -0.481 e. The SMILES string of the molecule is O=C(O)C1CN(Cc2nccs2)Cc2ccccc21. The van der Waals surface area contributed by atoms with Gasteiger partial charge in [-0.15, -0.1) is 11.3 Å². The summed E-state index contributed by atoms with van der Waals surface area (Å²) in [4.78, 5) is 17.8. The fourth-order valence-electron chi connectivity index (χ4n) is 2.53. The van der Waals surface area contributed by atoms with Gasteiger partial charge in [-0.05, 0) is 11.1 Å². The maximum atomic E-state index is 11.4. The first-order chi connectivity index (χ1) is 9.24. The number of nitrogens with zero attached hydrogens (tertiary/aromatic N) is 2. The van der Waals surface area contributed by atoms with E-state index >= 15 is 0 Å². The third-order valence-corrected chi connectivity index (χ3v) is 4.17. The van der Waals surface area contributed by atoms with Crippen molar-refractivity contribution in [2.45, 2.75) is 19.0 Å². The van der Waals surface area contributed by atoms with Crippen LogP contribution in [0, 0.1) is 0 Å². The number of hydrogen-bond donors (Lipinski definition) is 1. The third kappa shape index (κ3) is 2.52. The molecule has 19 heavy (non-hydrogen) atoms. The molecule has 0 amide bonds. The number of carboxylic acid groups (broad SMARTS) is 1. The van der Waals surface area contributed by atoms with Crippen molar-refractivity contribution in [3.63, 3.8) is 0 Å². The van der Waals surface area contributed by atoms with Crippen LogP contribution in [-0.4, -0.2) is 27.5 Å². The van der Waals surface area contributed by atoms with Gasteiger partial charge >= 0.3 is 5.97 Å². The van der Waals surface area contributed by atoms with E-state index in [-0.39, 0.29) is 0 Å². The average Bonchev–Trinajstić information content (AvgIpc) is 2.90. The smallest absolute Gasteiger partial charge is 0.312 e. The fourth-order valence-corrected chi connectivity index (χ4v) is 3.19. The van der Waals surface area contributed by atoms with Gasteiger partial charge in [0.2, 0.25) is 0 Å². The van der Waals surface area contributed by atoms with Crippen molar-refractivity contribution in [1.82, 2.24) is 9.88 Å². The molecule has 0 fully saturated rings. The van der Waals surface area contributed by atoms with E-state index in [1.54, 1.807) is 17.5 Å². The van der Waals surface area contributed by atoms with Crippen molar-refractivity contribution >= 4 is 17.3 Å². The van der Waals surface area contributed by atoms with E-state index in [9.17, 15) is 9.90 Å². The molecule has 0 spiro atoms. The van der Waals surface area contributed by atoms with Crippen molar-refractivity contribution in [3.8, 4) is 0 Å². The Kier molecular flexibility index (Phi) is 3.31. The number of hydrogen-bond acceptors (Lipinski definition) is 4.